The van der Waals surface area contributed by atoms with Gasteiger partial charge in [-0.05, 0) is 48.4 Å². The zero-order valence-corrected chi connectivity index (χ0v) is 16.7. The fourth-order valence-corrected chi connectivity index (χ4v) is 3.60. The number of rotatable bonds is 6. The molecule has 28 heavy (non-hydrogen) atoms. The Kier molecular flexibility index (Phi) is 6.39. The van der Waals surface area contributed by atoms with E-state index < -0.39 is 17.7 Å². The number of ketones is 1. The molecule has 7 heteroatoms. The van der Waals surface area contributed by atoms with Crippen LogP contribution < -0.4 is 0 Å². The first kappa shape index (κ1) is 20.4. The van der Waals surface area contributed by atoms with Gasteiger partial charge in [0.1, 0.15) is 5.76 Å². The Morgan fingerprint density at radius 2 is 1.82 bits per heavy atom. The van der Waals surface area contributed by atoms with E-state index in [1.165, 1.54) is 4.90 Å². The molecular formula is C21H19Cl2NO4. The minimum Gasteiger partial charge on any atom is -0.507 e. The highest BCUT2D eigenvalue weighted by atomic mass is 35.5. The van der Waals surface area contributed by atoms with E-state index in [1.807, 2.05) is 0 Å². The van der Waals surface area contributed by atoms with Crippen molar-refractivity contribution in [2.75, 3.05) is 20.3 Å². The highest BCUT2D eigenvalue weighted by Gasteiger charge is 2.45. The largest absolute Gasteiger partial charge is 0.507 e. The standard InChI is InChI=1S/C21H19Cl2NO4/c1-28-11-3-10-24-18(14-4-2-5-16(23)12-14)17(20(26)21(24)27)19(25)13-6-8-15(22)9-7-13/h2,4-9,12,18,25H,3,10-11H2,1H3/t18-/m1/s1. The predicted molar refractivity (Wildman–Crippen MR) is 108 cm³/mol. The van der Waals surface area contributed by atoms with Crippen molar-refractivity contribution < 1.29 is 19.4 Å². The van der Waals surface area contributed by atoms with Crippen molar-refractivity contribution in [1.82, 2.24) is 4.90 Å². The van der Waals surface area contributed by atoms with E-state index in [9.17, 15) is 14.7 Å². The van der Waals surface area contributed by atoms with Gasteiger partial charge < -0.3 is 14.7 Å². The van der Waals surface area contributed by atoms with Crippen LogP contribution in [0.4, 0.5) is 0 Å². The first-order chi connectivity index (χ1) is 13.4. The molecule has 2 aromatic rings. The maximum Gasteiger partial charge on any atom is 0.295 e. The summed E-state index contributed by atoms with van der Waals surface area (Å²) in [7, 11) is 1.57. The number of amides is 1. The molecule has 1 aliphatic heterocycles. The molecule has 2 aromatic carbocycles. The monoisotopic (exact) mass is 419 g/mol. The van der Waals surface area contributed by atoms with Gasteiger partial charge in [-0.2, -0.15) is 0 Å². The molecule has 0 bridgehead atoms. The summed E-state index contributed by atoms with van der Waals surface area (Å²) in [5, 5.41) is 11.8. The van der Waals surface area contributed by atoms with Crippen LogP contribution in [-0.2, 0) is 14.3 Å². The highest BCUT2D eigenvalue weighted by Crippen LogP contribution is 2.40. The second-order valence-corrected chi connectivity index (χ2v) is 7.27. The normalized spacial score (nSPS) is 18.7. The van der Waals surface area contributed by atoms with E-state index >= 15 is 0 Å². The Morgan fingerprint density at radius 3 is 2.46 bits per heavy atom. The molecule has 5 nitrogen and oxygen atoms in total. The van der Waals surface area contributed by atoms with Gasteiger partial charge in [0, 0.05) is 35.9 Å². The number of aliphatic hydroxyl groups excluding tert-OH is 1. The van der Waals surface area contributed by atoms with Crippen LogP contribution in [0.1, 0.15) is 23.6 Å². The number of aliphatic hydroxyl groups is 1. The van der Waals surface area contributed by atoms with Crippen molar-refractivity contribution in [2.45, 2.75) is 12.5 Å². The van der Waals surface area contributed by atoms with E-state index in [0.717, 1.165) is 0 Å². The number of methoxy groups -OCH3 is 1. The van der Waals surface area contributed by atoms with Crippen LogP contribution in [0.25, 0.3) is 5.76 Å². The van der Waals surface area contributed by atoms with Gasteiger partial charge >= 0.3 is 0 Å². The van der Waals surface area contributed by atoms with Crippen molar-refractivity contribution in [3.05, 3.63) is 75.3 Å². The Morgan fingerprint density at radius 1 is 1.11 bits per heavy atom. The number of Topliss-reactive ketones (excluding diaryl/α,β-unsaturated/α-hetero) is 1. The average molecular weight is 420 g/mol. The van der Waals surface area contributed by atoms with Crippen molar-refractivity contribution in [2.24, 2.45) is 0 Å². The van der Waals surface area contributed by atoms with Gasteiger partial charge in [-0.25, -0.2) is 0 Å². The molecule has 1 heterocycles. The fraction of sp³-hybridized carbons (Fsp3) is 0.238. The van der Waals surface area contributed by atoms with Crippen LogP contribution in [0.2, 0.25) is 10.0 Å². The molecule has 0 unspecified atom stereocenters. The lowest BCUT2D eigenvalue weighted by atomic mass is 9.95. The first-order valence-electron chi connectivity index (χ1n) is 8.72. The third kappa shape index (κ3) is 4.07. The van der Waals surface area contributed by atoms with E-state index in [4.69, 9.17) is 27.9 Å². The van der Waals surface area contributed by atoms with Crippen LogP contribution in [0, 0.1) is 0 Å². The van der Waals surface area contributed by atoms with Gasteiger partial charge in [0.25, 0.3) is 11.7 Å². The summed E-state index contributed by atoms with van der Waals surface area (Å²) in [6.07, 6.45) is 0.557. The average Bonchev–Trinajstić information content (AvgIpc) is 2.93. The maximum absolute atomic E-state index is 12.8. The number of likely N-dealkylation sites (tertiary alicyclic amines) is 1. The Hall–Kier alpha value is -2.34. The Balaban J connectivity index is 2.12. The minimum atomic E-state index is -0.730. The molecule has 1 N–H and O–H groups in total. The van der Waals surface area contributed by atoms with Crippen LogP contribution in [0.3, 0.4) is 0 Å². The molecule has 0 spiro atoms. The molecular weight excluding hydrogens is 401 g/mol. The number of nitrogens with zero attached hydrogens (tertiary/aromatic N) is 1. The lowest BCUT2D eigenvalue weighted by Gasteiger charge is -2.25. The van der Waals surface area contributed by atoms with Crippen molar-refractivity contribution >= 4 is 40.7 Å². The molecule has 3 rings (SSSR count). The van der Waals surface area contributed by atoms with Gasteiger partial charge in [0.05, 0.1) is 11.6 Å². The lowest BCUT2D eigenvalue weighted by molar-refractivity contribution is -0.140. The zero-order valence-electron chi connectivity index (χ0n) is 15.2. The van der Waals surface area contributed by atoms with E-state index in [2.05, 4.69) is 0 Å². The number of benzene rings is 2. The summed E-state index contributed by atoms with van der Waals surface area (Å²) in [5.41, 5.74) is 1.10. The van der Waals surface area contributed by atoms with E-state index in [-0.39, 0.29) is 11.3 Å². The molecule has 1 fully saturated rings. The van der Waals surface area contributed by atoms with Gasteiger partial charge in [-0.1, -0.05) is 35.3 Å². The summed E-state index contributed by atoms with van der Waals surface area (Å²) in [4.78, 5) is 27.0. The van der Waals surface area contributed by atoms with Crippen molar-refractivity contribution in [3.8, 4) is 0 Å². The summed E-state index contributed by atoms with van der Waals surface area (Å²) >= 11 is 12.0. The number of carbonyl (C=O) groups is 2. The van der Waals surface area contributed by atoms with Crippen molar-refractivity contribution in [1.29, 1.82) is 0 Å². The predicted octanol–water partition coefficient (Wildman–Crippen LogP) is 4.45. The Labute approximate surface area is 173 Å². The van der Waals surface area contributed by atoms with Gasteiger partial charge in [0.2, 0.25) is 0 Å². The SMILES string of the molecule is COCCCN1C(=O)C(=O)C(=C(O)c2ccc(Cl)cc2)[C@H]1c1cccc(Cl)c1. The highest BCUT2D eigenvalue weighted by molar-refractivity contribution is 6.46. The molecule has 0 radical (unpaired) electrons. The third-order valence-corrected chi connectivity index (χ3v) is 5.06. The molecule has 1 atom stereocenters. The quantitative estimate of drug-likeness (QED) is 0.325. The molecule has 146 valence electrons. The number of ether oxygens (including phenoxy) is 1. The zero-order chi connectivity index (χ0) is 20.3. The third-order valence-electron chi connectivity index (χ3n) is 4.57. The van der Waals surface area contributed by atoms with Gasteiger partial charge in [-0.3, -0.25) is 9.59 Å². The van der Waals surface area contributed by atoms with Gasteiger partial charge in [-0.15, -0.1) is 0 Å². The fourth-order valence-electron chi connectivity index (χ4n) is 3.28. The number of hydrogen-bond donors (Lipinski definition) is 1. The topological polar surface area (TPSA) is 66.8 Å². The molecule has 0 saturated carbocycles. The Bertz CT molecular complexity index is 924. The van der Waals surface area contributed by atoms with Crippen molar-refractivity contribution in [3.63, 3.8) is 0 Å². The number of hydrogen-bond acceptors (Lipinski definition) is 4. The molecule has 1 amide bonds. The minimum absolute atomic E-state index is 0.0343. The smallest absolute Gasteiger partial charge is 0.295 e. The molecule has 1 saturated heterocycles. The summed E-state index contributed by atoms with van der Waals surface area (Å²) in [6, 6.07) is 12.6. The van der Waals surface area contributed by atoms with E-state index in [0.29, 0.717) is 40.7 Å². The number of halogens is 2. The lowest BCUT2D eigenvalue weighted by Crippen LogP contribution is -2.31. The van der Waals surface area contributed by atoms with Crippen LogP contribution >= 0.6 is 23.2 Å². The number of carbonyl (C=O) groups excluding carboxylic acids is 2. The summed E-state index contributed by atoms with van der Waals surface area (Å²) in [5.74, 6) is -1.62. The van der Waals surface area contributed by atoms with Crippen LogP contribution in [-0.4, -0.2) is 42.0 Å². The maximum atomic E-state index is 12.8. The summed E-state index contributed by atoms with van der Waals surface area (Å²) in [6.45, 7) is 0.759. The van der Waals surface area contributed by atoms with Crippen LogP contribution in [0.5, 0.6) is 0 Å². The summed E-state index contributed by atoms with van der Waals surface area (Å²) < 4.78 is 5.06. The molecule has 0 aromatic heterocycles. The second kappa shape index (κ2) is 8.78. The second-order valence-electron chi connectivity index (χ2n) is 6.40. The molecule has 1 aliphatic rings. The molecule has 0 aliphatic carbocycles. The first-order valence-corrected chi connectivity index (χ1v) is 9.48. The van der Waals surface area contributed by atoms with Gasteiger partial charge in [0.15, 0.2) is 0 Å². The van der Waals surface area contributed by atoms with E-state index in [1.54, 1.807) is 55.6 Å². The van der Waals surface area contributed by atoms with Crippen LogP contribution in [0.15, 0.2) is 54.1 Å².